The van der Waals surface area contributed by atoms with Crippen LogP contribution in [-0.2, 0) is 6.54 Å². The van der Waals surface area contributed by atoms with Crippen molar-refractivity contribution >= 4 is 27.3 Å². The minimum Gasteiger partial charge on any atom is -0.340 e. The van der Waals surface area contributed by atoms with E-state index in [4.69, 9.17) is 0 Å². The molecule has 0 aliphatic rings. The third kappa shape index (κ3) is 2.93. The van der Waals surface area contributed by atoms with Gasteiger partial charge in [0.15, 0.2) is 0 Å². The number of hydrogen-bond donors (Lipinski definition) is 2. The van der Waals surface area contributed by atoms with Crippen LogP contribution in [0.1, 0.15) is 19.5 Å². The second-order valence-corrected chi connectivity index (χ2v) is 5.75. The number of halogens is 1. The predicted octanol–water partition coefficient (Wildman–Crippen LogP) is 3.40. The Bertz CT molecular complexity index is 461. The summed E-state index contributed by atoms with van der Waals surface area (Å²) in [5.41, 5.74) is 1.12. The van der Waals surface area contributed by atoms with E-state index >= 15 is 0 Å². The van der Waals surface area contributed by atoms with Crippen LogP contribution in [0, 0.1) is 0 Å². The number of H-pyrrole nitrogens is 1. The molecule has 5 heteroatoms. The van der Waals surface area contributed by atoms with E-state index in [2.05, 4.69) is 56.5 Å². The van der Waals surface area contributed by atoms with Gasteiger partial charge in [-0.3, -0.25) is 0 Å². The molecule has 0 amide bonds. The molecule has 3 nitrogen and oxygen atoms in total. The van der Waals surface area contributed by atoms with E-state index in [-0.39, 0.29) is 0 Å². The van der Waals surface area contributed by atoms with Crippen molar-refractivity contribution in [3.63, 3.8) is 0 Å². The number of nitrogens with one attached hydrogen (secondary N) is 2. The Balaban J connectivity index is 2.07. The van der Waals surface area contributed by atoms with Crippen LogP contribution in [0.5, 0.6) is 0 Å². The van der Waals surface area contributed by atoms with Crippen molar-refractivity contribution in [3.8, 4) is 10.7 Å². The monoisotopic (exact) mass is 299 g/mol. The number of rotatable bonds is 4. The number of aromatic nitrogens is 2. The van der Waals surface area contributed by atoms with E-state index in [1.807, 2.05) is 6.20 Å². The van der Waals surface area contributed by atoms with Crippen molar-refractivity contribution < 1.29 is 0 Å². The number of thiophene rings is 1. The van der Waals surface area contributed by atoms with Crippen LogP contribution in [0.4, 0.5) is 0 Å². The average molecular weight is 300 g/mol. The van der Waals surface area contributed by atoms with Crippen LogP contribution in [0.15, 0.2) is 22.1 Å². The first kappa shape index (κ1) is 11.8. The van der Waals surface area contributed by atoms with Gasteiger partial charge in [-0.15, -0.1) is 11.3 Å². The molecule has 0 saturated heterocycles. The van der Waals surface area contributed by atoms with Crippen LogP contribution >= 0.6 is 27.3 Å². The SMILES string of the molecule is CC(C)NCc1cnc(-c2cc(Br)cs2)[nH]1. The molecule has 0 spiro atoms. The molecule has 0 aliphatic carbocycles. The summed E-state index contributed by atoms with van der Waals surface area (Å²) in [4.78, 5) is 8.84. The lowest BCUT2D eigenvalue weighted by molar-refractivity contribution is 0.583. The third-order valence-corrected chi connectivity index (χ3v) is 3.83. The highest BCUT2D eigenvalue weighted by Crippen LogP contribution is 2.27. The van der Waals surface area contributed by atoms with Gasteiger partial charge in [0.25, 0.3) is 0 Å². The van der Waals surface area contributed by atoms with Gasteiger partial charge < -0.3 is 10.3 Å². The fourth-order valence-corrected chi connectivity index (χ4v) is 2.70. The fraction of sp³-hybridized carbons (Fsp3) is 0.364. The molecule has 0 aromatic carbocycles. The molecule has 0 aliphatic heterocycles. The molecule has 2 rings (SSSR count). The first-order valence-electron chi connectivity index (χ1n) is 5.17. The molecule has 16 heavy (non-hydrogen) atoms. The van der Waals surface area contributed by atoms with E-state index in [1.54, 1.807) is 11.3 Å². The molecule has 0 bridgehead atoms. The van der Waals surface area contributed by atoms with Gasteiger partial charge in [-0.1, -0.05) is 13.8 Å². The topological polar surface area (TPSA) is 40.7 Å². The molecular formula is C11H14BrN3S. The lowest BCUT2D eigenvalue weighted by atomic mass is 10.3. The van der Waals surface area contributed by atoms with Crippen molar-refractivity contribution in [2.75, 3.05) is 0 Å². The summed E-state index contributed by atoms with van der Waals surface area (Å²) in [6, 6.07) is 2.56. The highest BCUT2D eigenvalue weighted by molar-refractivity contribution is 9.10. The maximum atomic E-state index is 4.37. The molecule has 2 aromatic rings. The molecule has 0 unspecified atom stereocenters. The summed E-state index contributed by atoms with van der Waals surface area (Å²) in [6.45, 7) is 5.10. The first-order chi connectivity index (χ1) is 7.65. The van der Waals surface area contributed by atoms with E-state index < -0.39 is 0 Å². The van der Waals surface area contributed by atoms with E-state index in [0.717, 1.165) is 27.4 Å². The molecule has 2 aromatic heterocycles. The normalized spacial score (nSPS) is 11.2. The van der Waals surface area contributed by atoms with Gasteiger partial charge in [0.05, 0.1) is 4.88 Å². The quantitative estimate of drug-likeness (QED) is 0.908. The van der Waals surface area contributed by atoms with Crippen LogP contribution in [0.2, 0.25) is 0 Å². The molecular weight excluding hydrogens is 286 g/mol. The summed E-state index contributed by atoms with van der Waals surface area (Å²) in [7, 11) is 0. The fourth-order valence-electron chi connectivity index (χ4n) is 1.33. The van der Waals surface area contributed by atoms with Gasteiger partial charge in [0, 0.05) is 34.3 Å². The summed E-state index contributed by atoms with van der Waals surface area (Å²) >= 11 is 5.12. The summed E-state index contributed by atoms with van der Waals surface area (Å²) in [6.07, 6.45) is 1.89. The second kappa shape index (κ2) is 5.12. The lowest BCUT2D eigenvalue weighted by Crippen LogP contribution is -2.21. The Morgan fingerprint density at radius 2 is 2.38 bits per heavy atom. The molecule has 86 valence electrons. The summed E-state index contributed by atoms with van der Waals surface area (Å²) in [5.74, 6) is 0.941. The van der Waals surface area contributed by atoms with Gasteiger partial charge >= 0.3 is 0 Å². The van der Waals surface area contributed by atoms with Crippen molar-refractivity contribution in [1.29, 1.82) is 0 Å². The standard InChI is InChI=1S/C11H14BrN3S/c1-7(2)13-4-9-5-14-11(15-9)10-3-8(12)6-16-10/h3,5-7,13H,4H2,1-2H3,(H,14,15). The van der Waals surface area contributed by atoms with Gasteiger partial charge in [0.2, 0.25) is 0 Å². The molecule has 0 radical (unpaired) electrons. The minimum atomic E-state index is 0.489. The van der Waals surface area contributed by atoms with E-state index in [1.165, 1.54) is 0 Å². The van der Waals surface area contributed by atoms with Crippen LogP contribution in [0.3, 0.4) is 0 Å². The van der Waals surface area contributed by atoms with Crippen molar-refractivity contribution in [2.24, 2.45) is 0 Å². The van der Waals surface area contributed by atoms with Crippen LogP contribution < -0.4 is 5.32 Å². The maximum Gasteiger partial charge on any atom is 0.147 e. The predicted molar refractivity (Wildman–Crippen MR) is 71.6 cm³/mol. The Morgan fingerprint density at radius 1 is 1.56 bits per heavy atom. The molecule has 2 heterocycles. The Labute approximate surface area is 107 Å². The van der Waals surface area contributed by atoms with Crippen molar-refractivity contribution in [3.05, 3.63) is 27.8 Å². The average Bonchev–Trinajstić information content (AvgIpc) is 2.83. The zero-order valence-corrected chi connectivity index (χ0v) is 11.7. The highest BCUT2D eigenvalue weighted by atomic mass is 79.9. The first-order valence-corrected chi connectivity index (χ1v) is 6.84. The van der Waals surface area contributed by atoms with E-state index in [0.29, 0.717) is 6.04 Å². The van der Waals surface area contributed by atoms with Gasteiger partial charge in [-0.2, -0.15) is 0 Å². The molecule has 0 fully saturated rings. The number of aromatic amines is 1. The van der Waals surface area contributed by atoms with E-state index in [9.17, 15) is 0 Å². The zero-order valence-electron chi connectivity index (χ0n) is 9.25. The number of imidazole rings is 1. The molecule has 0 atom stereocenters. The Morgan fingerprint density at radius 3 is 3.00 bits per heavy atom. The second-order valence-electron chi connectivity index (χ2n) is 3.92. The highest BCUT2D eigenvalue weighted by Gasteiger charge is 2.06. The number of nitrogens with zero attached hydrogens (tertiary/aromatic N) is 1. The number of hydrogen-bond acceptors (Lipinski definition) is 3. The smallest absolute Gasteiger partial charge is 0.147 e. The summed E-state index contributed by atoms with van der Waals surface area (Å²) < 4.78 is 1.10. The third-order valence-electron chi connectivity index (χ3n) is 2.13. The Hall–Kier alpha value is -0.650. The lowest BCUT2D eigenvalue weighted by Gasteiger charge is -2.05. The van der Waals surface area contributed by atoms with Crippen molar-refractivity contribution in [2.45, 2.75) is 26.4 Å². The molecule has 2 N–H and O–H groups in total. The van der Waals surface area contributed by atoms with Crippen molar-refractivity contribution in [1.82, 2.24) is 15.3 Å². The van der Waals surface area contributed by atoms with Gasteiger partial charge in [-0.05, 0) is 22.0 Å². The maximum absolute atomic E-state index is 4.37. The van der Waals surface area contributed by atoms with Gasteiger partial charge in [0.1, 0.15) is 5.82 Å². The minimum absolute atomic E-state index is 0.489. The summed E-state index contributed by atoms with van der Waals surface area (Å²) in [5, 5.41) is 5.41. The van der Waals surface area contributed by atoms with Crippen LogP contribution in [-0.4, -0.2) is 16.0 Å². The Kier molecular flexibility index (Phi) is 3.78. The van der Waals surface area contributed by atoms with Gasteiger partial charge in [-0.25, -0.2) is 4.98 Å². The zero-order chi connectivity index (χ0) is 11.5. The van der Waals surface area contributed by atoms with Crippen LogP contribution in [0.25, 0.3) is 10.7 Å². The molecule has 0 saturated carbocycles. The largest absolute Gasteiger partial charge is 0.340 e.